The van der Waals surface area contributed by atoms with Gasteiger partial charge in [-0.25, -0.2) is 4.98 Å². The van der Waals surface area contributed by atoms with E-state index in [0.717, 1.165) is 34.0 Å². The van der Waals surface area contributed by atoms with Crippen LogP contribution in [-0.2, 0) is 6.42 Å². The highest BCUT2D eigenvalue weighted by atomic mass is 35.5. The normalized spacial score (nSPS) is 10.8. The maximum atomic E-state index is 6.46. The van der Waals surface area contributed by atoms with Crippen LogP contribution in [0.4, 0.5) is 0 Å². The van der Waals surface area contributed by atoms with Crippen LogP contribution < -0.4 is 0 Å². The van der Waals surface area contributed by atoms with Crippen LogP contribution >= 0.6 is 23.2 Å². The summed E-state index contributed by atoms with van der Waals surface area (Å²) in [6.07, 6.45) is 2.39. The SMILES string of the molecule is Clc1cccc(-c2[nH]c(Cc3ccccn3)nc2-c2ccccc2)c1Cl. The van der Waals surface area contributed by atoms with E-state index in [4.69, 9.17) is 28.2 Å². The quantitative estimate of drug-likeness (QED) is 0.469. The first-order chi connectivity index (χ1) is 12.7. The molecule has 1 N–H and O–H groups in total. The molecule has 0 bridgehead atoms. The molecule has 0 aliphatic rings. The zero-order chi connectivity index (χ0) is 17.9. The van der Waals surface area contributed by atoms with Gasteiger partial charge in [-0.05, 0) is 18.2 Å². The summed E-state index contributed by atoms with van der Waals surface area (Å²) in [5.74, 6) is 0.827. The molecule has 2 heterocycles. The zero-order valence-corrected chi connectivity index (χ0v) is 15.3. The molecule has 0 atom stereocenters. The zero-order valence-electron chi connectivity index (χ0n) is 13.8. The number of imidazole rings is 1. The molecule has 0 fully saturated rings. The Morgan fingerprint density at radius 1 is 0.846 bits per heavy atom. The van der Waals surface area contributed by atoms with Gasteiger partial charge in [0.25, 0.3) is 0 Å². The summed E-state index contributed by atoms with van der Waals surface area (Å²) >= 11 is 12.7. The van der Waals surface area contributed by atoms with Crippen molar-refractivity contribution in [3.8, 4) is 22.5 Å². The summed E-state index contributed by atoms with van der Waals surface area (Å²) in [4.78, 5) is 12.6. The van der Waals surface area contributed by atoms with E-state index >= 15 is 0 Å². The highest BCUT2D eigenvalue weighted by Crippen LogP contribution is 2.37. The number of aromatic nitrogens is 3. The number of halogens is 2. The molecule has 0 aliphatic heterocycles. The fraction of sp³-hybridized carbons (Fsp3) is 0.0476. The van der Waals surface area contributed by atoms with Gasteiger partial charge in [0.15, 0.2) is 0 Å². The van der Waals surface area contributed by atoms with Gasteiger partial charge in [-0.2, -0.15) is 0 Å². The minimum Gasteiger partial charge on any atom is -0.341 e. The molecule has 0 radical (unpaired) electrons. The average molecular weight is 380 g/mol. The third-order valence-electron chi connectivity index (χ3n) is 4.10. The van der Waals surface area contributed by atoms with Crippen LogP contribution in [0.15, 0.2) is 72.9 Å². The molecule has 0 aliphatic carbocycles. The number of pyridine rings is 1. The molecule has 5 heteroatoms. The predicted molar refractivity (Wildman–Crippen MR) is 107 cm³/mol. The van der Waals surface area contributed by atoms with Crippen LogP contribution in [0.2, 0.25) is 10.0 Å². The number of benzene rings is 2. The third-order valence-corrected chi connectivity index (χ3v) is 4.91. The maximum Gasteiger partial charge on any atom is 0.113 e. The number of hydrogen-bond acceptors (Lipinski definition) is 2. The van der Waals surface area contributed by atoms with Crippen molar-refractivity contribution in [3.05, 3.63) is 94.5 Å². The van der Waals surface area contributed by atoms with Crippen LogP contribution in [0.25, 0.3) is 22.5 Å². The van der Waals surface area contributed by atoms with Gasteiger partial charge < -0.3 is 4.98 Å². The van der Waals surface area contributed by atoms with Gasteiger partial charge in [0.05, 0.1) is 21.4 Å². The second-order valence-electron chi connectivity index (χ2n) is 5.87. The van der Waals surface area contributed by atoms with E-state index in [2.05, 4.69) is 9.97 Å². The molecule has 0 amide bonds. The average Bonchev–Trinajstić information content (AvgIpc) is 3.09. The van der Waals surface area contributed by atoms with Crippen molar-refractivity contribution >= 4 is 23.2 Å². The van der Waals surface area contributed by atoms with Crippen molar-refractivity contribution in [2.75, 3.05) is 0 Å². The lowest BCUT2D eigenvalue weighted by atomic mass is 10.1. The van der Waals surface area contributed by atoms with Crippen molar-refractivity contribution in [1.29, 1.82) is 0 Å². The minimum absolute atomic E-state index is 0.513. The Morgan fingerprint density at radius 3 is 2.42 bits per heavy atom. The Hall–Kier alpha value is -2.62. The summed E-state index contributed by atoms with van der Waals surface area (Å²) in [5.41, 5.74) is 4.50. The molecular weight excluding hydrogens is 365 g/mol. The van der Waals surface area contributed by atoms with Crippen molar-refractivity contribution < 1.29 is 0 Å². The van der Waals surface area contributed by atoms with Gasteiger partial charge in [-0.15, -0.1) is 0 Å². The summed E-state index contributed by atoms with van der Waals surface area (Å²) in [6.45, 7) is 0. The number of aromatic amines is 1. The first-order valence-corrected chi connectivity index (χ1v) is 8.96. The van der Waals surface area contributed by atoms with E-state index in [1.54, 1.807) is 12.3 Å². The van der Waals surface area contributed by atoms with E-state index in [0.29, 0.717) is 16.5 Å². The molecule has 2 aromatic carbocycles. The van der Waals surface area contributed by atoms with Gasteiger partial charge in [-0.1, -0.05) is 71.7 Å². The van der Waals surface area contributed by atoms with E-state index in [9.17, 15) is 0 Å². The number of nitrogens with one attached hydrogen (secondary N) is 1. The van der Waals surface area contributed by atoms with Crippen molar-refractivity contribution in [2.45, 2.75) is 6.42 Å². The van der Waals surface area contributed by atoms with Crippen molar-refractivity contribution in [3.63, 3.8) is 0 Å². The van der Waals surface area contributed by atoms with Gasteiger partial charge in [-0.3, -0.25) is 4.98 Å². The number of nitrogens with zero attached hydrogens (tertiary/aromatic N) is 2. The first kappa shape index (κ1) is 16.8. The lowest BCUT2D eigenvalue weighted by molar-refractivity contribution is 0.978. The van der Waals surface area contributed by atoms with E-state index in [1.807, 2.05) is 60.7 Å². The monoisotopic (exact) mass is 379 g/mol. The smallest absolute Gasteiger partial charge is 0.113 e. The molecule has 26 heavy (non-hydrogen) atoms. The lowest BCUT2D eigenvalue weighted by Gasteiger charge is -2.06. The summed E-state index contributed by atoms with van der Waals surface area (Å²) in [5, 5.41) is 1.03. The fourth-order valence-corrected chi connectivity index (χ4v) is 3.27. The molecule has 128 valence electrons. The van der Waals surface area contributed by atoms with Crippen LogP contribution in [0, 0.1) is 0 Å². The molecule has 2 aromatic heterocycles. The Labute approximate surface area is 161 Å². The molecule has 4 aromatic rings. The van der Waals surface area contributed by atoms with Crippen LogP contribution in [0.5, 0.6) is 0 Å². The van der Waals surface area contributed by atoms with E-state index < -0.39 is 0 Å². The second kappa shape index (κ2) is 7.32. The van der Waals surface area contributed by atoms with Crippen LogP contribution in [-0.4, -0.2) is 15.0 Å². The van der Waals surface area contributed by atoms with E-state index in [1.165, 1.54) is 0 Å². The maximum absolute atomic E-state index is 6.46. The van der Waals surface area contributed by atoms with Crippen LogP contribution in [0.1, 0.15) is 11.5 Å². The van der Waals surface area contributed by atoms with Gasteiger partial charge in [0, 0.05) is 29.4 Å². The van der Waals surface area contributed by atoms with Gasteiger partial charge in [0.2, 0.25) is 0 Å². The third kappa shape index (κ3) is 3.36. The molecule has 0 saturated heterocycles. The van der Waals surface area contributed by atoms with E-state index in [-0.39, 0.29) is 0 Å². The van der Waals surface area contributed by atoms with Crippen LogP contribution in [0.3, 0.4) is 0 Å². The standard InChI is InChI=1S/C21H15Cl2N3/c22-17-11-6-10-16(19(17)23)21-20(14-7-2-1-3-8-14)25-18(26-21)13-15-9-4-5-12-24-15/h1-12H,13H2,(H,25,26). The highest BCUT2D eigenvalue weighted by Gasteiger charge is 2.17. The second-order valence-corrected chi connectivity index (χ2v) is 6.66. The summed E-state index contributed by atoms with van der Waals surface area (Å²) in [7, 11) is 0. The Morgan fingerprint density at radius 2 is 1.65 bits per heavy atom. The molecule has 4 rings (SSSR count). The lowest BCUT2D eigenvalue weighted by Crippen LogP contribution is -1.93. The fourth-order valence-electron chi connectivity index (χ4n) is 2.88. The largest absolute Gasteiger partial charge is 0.341 e. The summed E-state index contributed by atoms with van der Waals surface area (Å²) in [6, 6.07) is 21.5. The molecule has 0 saturated carbocycles. The highest BCUT2D eigenvalue weighted by molar-refractivity contribution is 6.43. The van der Waals surface area contributed by atoms with Gasteiger partial charge >= 0.3 is 0 Å². The Bertz CT molecular complexity index is 1030. The number of rotatable bonds is 4. The Kier molecular flexibility index (Phi) is 4.74. The molecule has 0 unspecified atom stereocenters. The topological polar surface area (TPSA) is 41.6 Å². The minimum atomic E-state index is 0.513. The van der Waals surface area contributed by atoms with Crippen molar-refractivity contribution in [1.82, 2.24) is 15.0 Å². The number of hydrogen-bond donors (Lipinski definition) is 1. The number of H-pyrrole nitrogens is 1. The Balaban J connectivity index is 1.85. The molecular formula is C21H15Cl2N3. The first-order valence-electron chi connectivity index (χ1n) is 8.21. The molecule has 3 nitrogen and oxygen atoms in total. The van der Waals surface area contributed by atoms with Crippen molar-refractivity contribution in [2.24, 2.45) is 0 Å². The van der Waals surface area contributed by atoms with Gasteiger partial charge in [0.1, 0.15) is 5.82 Å². The molecule has 0 spiro atoms. The predicted octanol–water partition coefficient (Wildman–Crippen LogP) is 6.04. The summed E-state index contributed by atoms with van der Waals surface area (Å²) < 4.78 is 0.